The summed E-state index contributed by atoms with van der Waals surface area (Å²) in [4.78, 5) is 11.5. The quantitative estimate of drug-likeness (QED) is 0.628. The smallest absolute Gasteiger partial charge is 0.267 e. The first-order chi connectivity index (χ1) is 5.54. The van der Waals surface area contributed by atoms with Crippen LogP contribution in [0, 0.1) is 6.92 Å². The van der Waals surface area contributed by atoms with Crippen LogP contribution in [0.2, 0.25) is 0 Å². The number of nitrogens with zero attached hydrogens (tertiary/aromatic N) is 2. The second-order valence-electron chi connectivity index (χ2n) is 3.32. The summed E-state index contributed by atoms with van der Waals surface area (Å²) in [6.45, 7) is 5.96. The first kappa shape index (κ1) is 8.97. The molecule has 0 N–H and O–H groups in total. The predicted molar refractivity (Wildman–Crippen MR) is 48.3 cm³/mol. The Hall–Kier alpha value is -1.12. The lowest BCUT2D eigenvalue weighted by molar-refractivity contribution is 0.671. The van der Waals surface area contributed by atoms with Crippen LogP contribution < -0.4 is 5.56 Å². The van der Waals surface area contributed by atoms with Crippen LogP contribution in [0.4, 0.5) is 0 Å². The van der Waals surface area contributed by atoms with E-state index in [9.17, 15) is 4.79 Å². The summed E-state index contributed by atoms with van der Waals surface area (Å²) in [6.07, 6.45) is 1.73. The van der Waals surface area contributed by atoms with E-state index < -0.39 is 0 Å². The molecule has 0 unspecified atom stereocenters. The van der Waals surface area contributed by atoms with E-state index in [-0.39, 0.29) is 11.5 Å². The maximum atomic E-state index is 11.5. The Bertz CT molecular complexity index is 339. The second kappa shape index (κ2) is 3.09. The zero-order valence-electron chi connectivity index (χ0n) is 7.96. The van der Waals surface area contributed by atoms with E-state index in [4.69, 9.17) is 0 Å². The molecule has 0 saturated heterocycles. The Morgan fingerprint density at radius 3 is 2.50 bits per heavy atom. The zero-order chi connectivity index (χ0) is 9.30. The van der Waals surface area contributed by atoms with E-state index in [0.717, 1.165) is 11.1 Å². The Morgan fingerprint density at radius 1 is 1.50 bits per heavy atom. The van der Waals surface area contributed by atoms with E-state index in [2.05, 4.69) is 5.10 Å². The number of aromatic nitrogens is 2. The highest BCUT2D eigenvalue weighted by molar-refractivity contribution is 5.22. The minimum absolute atomic E-state index is 0.0185. The molecule has 3 nitrogen and oxygen atoms in total. The molecule has 0 aliphatic rings. The SMILES string of the molecule is Cc1cnn(C)c(=O)c1C(C)C. The standard InChI is InChI=1S/C9H14N2O/c1-6(2)8-7(3)5-10-11(4)9(8)12/h5-6H,1-4H3. The molecule has 1 aromatic rings. The van der Waals surface area contributed by atoms with Gasteiger partial charge in [-0.25, -0.2) is 4.68 Å². The number of hydrogen-bond acceptors (Lipinski definition) is 2. The minimum Gasteiger partial charge on any atom is -0.267 e. The van der Waals surface area contributed by atoms with Gasteiger partial charge in [-0.15, -0.1) is 0 Å². The number of aryl methyl sites for hydroxylation is 2. The summed E-state index contributed by atoms with van der Waals surface area (Å²) >= 11 is 0. The lowest BCUT2D eigenvalue weighted by Crippen LogP contribution is -2.25. The zero-order valence-corrected chi connectivity index (χ0v) is 7.96. The number of hydrogen-bond donors (Lipinski definition) is 0. The Kier molecular flexibility index (Phi) is 2.31. The van der Waals surface area contributed by atoms with Crippen molar-refractivity contribution in [3.63, 3.8) is 0 Å². The van der Waals surface area contributed by atoms with Crippen molar-refractivity contribution in [2.75, 3.05) is 0 Å². The van der Waals surface area contributed by atoms with Crippen LogP contribution in [0.15, 0.2) is 11.0 Å². The fourth-order valence-corrected chi connectivity index (χ4v) is 1.34. The van der Waals surface area contributed by atoms with E-state index in [1.165, 1.54) is 4.68 Å². The molecule has 0 fully saturated rings. The molecule has 0 aliphatic carbocycles. The second-order valence-corrected chi connectivity index (χ2v) is 3.32. The molecule has 66 valence electrons. The van der Waals surface area contributed by atoms with Crippen molar-refractivity contribution >= 4 is 0 Å². The van der Waals surface area contributed by atoms with Gasteiger partial charge in [-0.1, -0.05) is 13.8 Å². The molecule has 3 heteroatoms. The maximum Gasteiger partial charge on any atom is 0.270 e. The highest BCUT2D eigenvalue weighted by atomic mass is 16.1. The molecular weight excluding hydrogens is 152 g/mol. The van der Waals surface area contributed by atoms with Crippen LogP contribution in [0.3, 0.4) is 0 Å². The van der Waals surface area contributed by atoms with Crippen LogP contribution in [-0.4, -0.2) is 9.78 Å². The molecular formula is C9H14N2O. The Morgan fingerprint density at radius 2 is 2.08 bits per heavy atom. The molecule has 0 aliphatic heterocycles. The van der Waals surface area contributed by atoms with Gasteiger partial charge in [-0.3, -0.25) is 4.79 Å². The number of rotatable bonds is 1. The van der Waals surface area contributed by atoms with Gasteiger partial charge < -0.3 is 0 Å². The molecule has 0 aromatic carbocycles. The largest absolute Gasteiger partial charge is 0.270 e. The average Bonchev–Trinajstić information content (AvgIpc) is 1.97. The molecule has 0 bridgehead atoms. The normalized spacial score (nSPS) is 10.8. The molecule has 1 aromatic heterocycles. The summed E-state index contributed by atoms with van der Waals surface area (Å²) in [5, 5.41) is 3.93. The van der Waals surface area contributed by atoms with Crippen LogP contribution in [-0.2, 0) is 7.05 Å². The summed E-state index contributed by atoms with van der Waals surface area (Å²) < 4.78 is 1.38. The molecule has 1 rings (SSSR count). The van der Waals surface area contributed by atoms with Crippen LogP contribution >= 0.6 is 0 Å². The van der Waals surface area contributed by atoms with Gasteiger partial charge in [-0.05, 0) is 18.4 Å². The summed E-state index contributed by atoms with van der Waals surface area (Å²) in [7, 11) is 1.67. The van der Waals surface area contributed by atoms with Crippen molar-refractivity contribution in [3.8, 4) is 0 Å². The van der Waals surface area contributed by atoms with Gasteiger partial charge >= 0.3 is 0 Å². The van der Waals surface area contributed by atoms with Gasteiger partial charge in [0.2, 0.25) is 0 Å². The van der Waals surface area contributed by atoms with E-state index in [1.54, 1.807) is 13.2 Å². The Labute approximate surface area is 72.0 Å². The van der Waals surface area contributed by atoms with E-state index in [0.29, 0.717) is 0 Å². The first-order valence-corrected chi connectivity index (χ1v) is 4.07. The molecule has 0 amide bonds. The van der Waals surface area contributed by atoms with Crippen molar-refractivity contribution in [3.05, 3.63) is 27.7 Å². The van der Waals surface area contributed by atoms with E-state index in [1.807, 2.05) is 20.8 Å². The van der Waals surface area contributed by atoms with Gasteiger partial charge in [0, 0.05) is 12.6 Å². The molecule has 1 heterocycles. The maximum absolute atomic E-state index is 11.5. The fraction of sp³-hybridized carbons (Fsp3) is 0.556. The Balaban J connectivity index is 3.44. The summed E-state index contributed by atoms with van der Waals surface area (Å²) in [5.41, 5.74) is 1.87. The van der Waals surface area contributed by atoms with Crippen molar-refractivity contribution in [1.29, 1.82) is 0 Å². The lowest BCUT2D eigenvalue weighted by atomic mass is 10.0. The molecule has 0 atom stereocenters. The highest BCUT2D eigenvalue weighted by Crippen LogP contribution is 2.12. The molecule has 0 saturated carbocycles. The van der Waals surface area contributed by atoms with Crippen LogP contribution in [0.5, 0.6) is 0 Å². The van der Waals surface area contributed by atoms with Crippen LogP contribution in [0.1, 0.15) is 30.9 Å². The van der Waals surface area contributed by atoms with Crippen LogP contribution in [0.25, 0.3) is 0 Å². The van der Waals surface area contributed by atoms with E-state index >= 15 is 0 Å². The van der Waals surface area contributed by atoms with Gasteiger partial charge in [0.25, 0.3) is 5.56 Å². The lowest BCUT2D eigenvalue weighted by Gasteiger charge is -2.08. The molecule has 12 heavy (non-hydrogen) atoms. The summed E-state index contributed by atoms with van der Waals surface area (Å²) in [6, 6.07) is 0. The van der Waals surface area contributed by atoms with Gasteiger partial charge in [0.15, 0.2) is 0 Å². The van der Waals surface area contributed by atoms with Gasteiger partial charge in [0.1, 0.15) is 0 Å². The predicted octanol–water partition coefficient (Wildman–Crippen LogP) is 1.21. The topological polar surface area (TPSA) is 34.9 Å². The van der Waals surface area contributed by atoms with Gasteiger partial charge in [0.05, 0.1) is 6.20 Å². The highest BCUT2D eigenvalue weighted by Gasteiger charge is 2.09. The third-order valence-electron chi connectivity index (χ3n) is 1.95. The monoisotopic (exact) mass is 166 g/mol. The van der Waals surface area contributed by atoms with Crippen molar-refractivity contribution < 1.29 is 0 Å². The first-order valence-electron chi connectivity index (χ1n) is 4.07. The van der Waals surface area contributed by atoms with Crippen molar-refractivity contribution in [2.24, 2.45) is 7.05 Å². The summed E-state index contributed by atoms with van der Waals surface area (Å²) in [5.74, 6) is 0.270. The molecule has 0 spiro atoms. The van der Waals surface area contributed by atoms with Gasteiger partial charge in [-0.2, -0.15) is 5.10 Å². The fourth-order valence-electron chi connectivity index (χ4n) is 1.34. The average molecular weight is 166 g/mol. The van der Waals surface area contributed by atoms with Crippen molar-refractivity contribution in [1.82, 2.24) is 9.78 Å². The molecule has 0 radical (unpaired) electrons. The van der Waals surface area contributed by atoms with Crippen molar-refractivity contribution in [2.45, 2.75) is 26.7 Å². The third-order valence-corrected chi connectivity index (χ3v) is 1.95. The third kappa shape index (κ3) is 1.40. The minimum atomic E-state index is 0.0185.